The lowest BCUT2D eigenvalue weighted by Crippen LogP contribution is -2.30. The van der Waals surface area contributed by atoms with Crippen LogP contribution in [0.25, 0.3) is 11.3 Å². The predicted molar refractivity (Wildman–Crippen MR) is 110 cm³/mol. The van der Waals surface area contributed by atoms with Gasteiger partial charge in [0.15, 0.2) is 0 Å². The molecule has 0 aliphatic carbocycles. The van der Waals surface area contributed by atoms with E-state index < -0.39 is 24.6 Å². The fourth-order valence-electron chi connectivity index (χ4n) is 2.86. The first-order valence-electron chi connectivity index (χ1n) is 8.76. The molecule has 0 amide bonds. The lowest BCUT2D eigenvalue weighted by Gasteiger charge is -2.34. The molecule has 28 heavy (non-hydrogen) atoms. The van der Waals surface area contributed by atoms with Crippen LogP contribution in [0, 0.1) is 11.6 Å². The van der Waals surface area contributed by atoms with E-state index in [1.807, 2.05) is 13.8 Å². The first-order chi connectivity index (χ1) is 13.4. The summed E-state index contributed by atoms with van der Waals surface area (Å²) >= 11 is 3.31. The standard InChI is InChI=1S/C20H14BrF4N.C2H6/c1-12-15(21)10-14(13-6-3-2-4-7-13)20(26(12)11-18(24)25)19-16(22)8-5-9-17(19)23;1-2/h2-10,18H,1,11H2;1-2H3. The second-order valence-corrected chi connectivity index (χ2v) is 6.52. The third kappa shape index (κ3) is 4.55. The van der Waals surface area contributed by atoms with Crippen molar-refractivity contribution in [2.24, 2.45) is 0 Å². The molecule has 3 rings (SSSR count). The van der Waals surface area contributed by atoms with E-state index in [0.29, 0.717) is 15.6 Å². The van der Waals surface area contributed by atoms with E-state index in [9.17, 15) is 17.6 Å². The van der Waals surface area contributed by atoms with Crippen molar-refractivity contribution in [3.05, 3.63) is 94.1 Å². The molecule has 0 saturated carbocycles. The Labute approximate surface area is 170 Å². The van der Waals surface area contributed by atoms with Crippen LogP contribution in [0.4, 0.5) is 17.6 Å². The van der Waals surface area contributed by atoms with Crippen molar-refractivity contribution in [2.75, 3.05) is 6.54 Å². The molecule has 1 heterocycles. The van der Waals surface area contributed by atoms with Crippen LogP contribution in [-0.2, 0) is 0 Å². The van der Waals surface area contributed by atoms with Gasteiger partial charge in [-0.1, -0.05) is 56.8 Å². The average Bonchev–Trinajstić information content (AvgIpc) is 2.68. The predicted octanol–water partition coefficient (Wildman–Crippen LogP) is 7.23. The Balaban J connectivity index is 0.00000136. The lowest BCUT2D eigenvalue weighted by molar-refractivity contribution is 0.123. The van der Waals surface area contributed by atoms with Gasteiger partial charge in [0.05, 0.1) is 17.8 Å². The third-order valence-electron chi connectivity index (χ3n) is 4.00. The maximum absolute atomic E-state index is 14.5. The molecule has 1 aliphatic rings. The molecule has 2 aromatic carbocycles. The summed E-state index contributed by atoms with van der Waals surface area (Å²) in [6.07, 6.45) is -1.08. The quantitative estimate of drug-likeness (QED) is 0.441. The number of alkyl halides is 2. The number of benzene rings is 2. The van der Waals surface area contributed by atoms with Gasteiger partial charge in [0, 0.05) is 15.8 Å². The summed E-state index contributed by atoms with van der Waals surface area (Å²) in [5, 5.41) is 0. The van der Waals surface area contributed by atoms with Gasteiger partial charge < -0.3 is 4.90 Å². The zero-order valence-electron chi connectivity index (χ0n) is 15.5. The summed E-state index contributed by atoms with van der Waals surface area (Å²) in [5.74, 6) is -1.65. The van der Waals surface area contributed by atoms with E-state index in [-0.39, 0.29) is 17.0 Å². The normalized spacial score (nSPS) is 14.1. The van der Waals surface area contributed by atoms with Crippen LogP contribution in [0.1, 0.15) is 25.0 Å². The first kappa shape index (κ1) is 22.0. The van der Waals surface area contributed by atoms with E-state index in [1.54, 1.807) is 36.4 Å². The molecule has 1 aliphatic heterocycles. The summed E-state index contributed by atoms with van der Waals surface area (Å²) in [6.45, 7) is 7.06. The molecule has 0 aromatic heterocycles. The maximum atomic E-state index is 14.5. The van der Waals surface area contributed by atoms with Crippen molar-refractivity contribution < 1.29 is 17.6 Å². The van der Waals surface area contributed by atoms with Crippen LogP contribution in [0.15, 0.2) is 71.4 Å². The second-order valence-electron chi connectivity index (χ2n) is 5.67. The molecule has 0 saturated heterocycles. The number of allylic oxidation sites excluding steroid dienone is 3. The summed E-state index contributed by atoms with van der Waals surface area (Å²) in [7, 11) is 0. The van der Waals surface area contributed by atoms with Gasteiger partial charge in [-0.15, -0.1) is 0 Å². The topological polar surface area (TPSA) is 3.24 Å². The van der Waals surface area contributed by atoms with Crippen molar-refractivity contribution in [1.29, 1.82) is 0 Å². The zero-order chi connectivity index (χ0) is 20.8. The highest BCUT2D eigenvalue weighted by molar-refractivity contribution is 9.12. The molecule has 0 bridgehead atoms. The van der Waals surface area contributed by atoms with Crippen LogP contribution in [0.3, 0.4) is 0 Å². The Hall–Kier alpha value is -2.34. The summed E-state index contributed by atoms with van der Waals surface area (Å²) in [5.41, 5.74) is 0.954. The Morgan fingerprint density at radius 3 is 2.07 bits per heavy atom. The Morgan fingerprint density at radius 1 is 0.964 bits per heavy atom. The molecule has 0 atom stereocenters. The van der Waals surface area contributed by atoms with Crippen molar-refractivity contribution in [2.45, 2.75) is 20.3 Å². The number of nitrogens with zero attached hydrogens (tertiary/aromatic N) is 1. The van der Waals surface area contributed by atoms with E-state index in [2.05, 4.69) is 22.5 Å². The molecule has 6 heteroatoms. The van der Waals surface area contributed by atoms with Gasteiger partial charge in [0.2, 0.25) is 0 Å². The van der Waals surface area contributed by atoms with Crippen LogP contribution in [-0.4, -0.2) is 17.9 Å². The van der Waals surface area contributed by atoms with Gasteiger partial charge in [-0.2, -0.15) is 0 Å². The molecular weight excluding hydrogens is 434 g/mol. The van der Waals surface area contributed by atoms with Crippen LogP contribution in [0.2, 0.25) is 0 Å². The Bertz CT molecular complexity index is 884. The summed E-state index contributed by atoms with van der Waals surface area (Å²) in [6, 6.07) is 12.3. The van der Waals surface area contributed by atoms with Crippen LogP contribution < -0.4 is 0 Å². The van der Waals surface area contributed by atoms with Gasteiger partial charge >= 0.3 is 0 Å². The zero-order valence-corrected chi connectivity index (χ0v) is 17.1. The van der Waals surface area contributed by atoms with Crippen molar-refractivity contribution in [3.8, 4) is 0 Å². The highest BCUT2D eigenvalue weighted by Gasteiger charge is 2.30. The maximum Gasteiger partial charge on any atom is 0.256 e. The average molecular weight is 454 g/mol. The minimum Gasteiger partial charge on any atom is -0.334 e. The van der Waals surface area contributed by atoms with Crippen molar-refractivity contribution in [3.63, 3.8) is 0 Å². The minimum atomic E-state index is -2.72. The first-order valence-corrected chi connectivity index (χ1v) is 9.55. The van der Waals surface area contributed by atoms with Crippen LogP contribution in [0.5, 0.6) is 0 Å². The molecule has 0 spiro atoms. The molecule has 2 aromatic rings. The third-order valence-corrected chi connectivity index (χ3v) is 4.69. The van der Waals surface area contributed by atoms with E-state index in [0.717, 1.165) is 17.0 Å². The van der Waals surface area contributed by atoms with Crippen molar-refractivity contribution >= 4 is 27.2 Å². The fourth-order valence-corrected chi connectivity index (χ4v) is 3.30. The van der Waals surface area contributed by atoms with E-state index >= 15 is 0 Å². The largest absolute Gasteiger partial charge is 0.334 e. The second kappa shape index (κ2) is 9.73. The molecule has 0 fully saturated rings. The fraction of sp³-hybridized carbons (Fsp3) is 0.182. The summed E-state index contributed by atoms with van der Waals surface area (Å²) < 4.78 is 55.9. The number of halogens is 5. The number of hydrogen-bond donors (Lipinski definition) is 0. The highest BCUT2D eigenvalue weighted by atomic mass is 79.9. The van der Waals surface area contributed by atoms with Gasteiger partial charge in [0.1, 0.15) is 11.6 Å². The SMILES string of the molecule is C=C1C(Br)=CC(c2ccccc2)=C(c2c(F)cccc2F)N1CC(F)F.CC. The number of rotatable bonds is 4. The minimum absolute atomic E-state index is 0.0281. The van der Waals surface area contributed by atoms with Crippen LogP contribution >= 0.6 is 15.9 Å². The summed E-state index contributed by atoms with van der Waals surface area (Å²) in [4.78, 5) is 1.15. The van der Waals surface area contributed by atoms with Crippen molar-refractivity contribution in [1.82, 2.24) is 4.90 Å². The van der Waals surface area contributed by atoms with E-state index in [4.69, 9.17) is 0 Å². The van der Waals surface area contributed by atoms with Gasteiger partial charge in [-0.05, 0) is 39.7 Å². The molecule has 1 nitrogen and oxygen atoms in total. The molecule has 148 valence electrons. The molecule has 0 N–H and O–H groups in total. The Morgan fingerprint density at radius 2 is 1.54 bits per heavy atom. The highest BCUT2D eigenvalue weighted by Crippen LogP contribution is 2.42. The van der Waals surface area contributed by atoms with Gasteiger partial charge in [-0.3, -0.25) is 0 Å². The molecule has 0 unspecified atom stereocenters. The molecule has 0 radical (unpaired) electrons. The number of hydrogen-bond acceptors (Lipinski definition) is 1. The monoisotopic (exact) mass is 453 g/mol. The van der Waals surface area contributed by atoms with Gasteiger partial charge in [0.25, 0.3) is 6.43 Å². The van der Waals surface area contributed by atoms with E-state index in [1.165, 1.54) is 6.07 Å². The Kier molecular flexibility index (Phi) is 7.63. The lowest BCUT2D eigenvalue weighted by atomic mass is 9.94. The van der Waals surface area contributed by atoms with Gasteiger partial charge in [-0.25, -0.2) is 17.6 Å². The molecular formula is C22H20BrF4N. The smallest absolute Gasteiger partial charge is 0.256 e.